The number of nitrogens with one attached hydrogen (secondary N) is 1. The Bertz CT molecular complexity index is 647. The summed E-state index contributed by atoms with van der Waals surface area (Å²) in [5.41, 5.74) is -0.0841. The van der Waals surface area contributed by atoms with Crippen molar-refractivity contribution < 1.29 is 4.79 Å². The van der Waals surface area contributed by atoms with Gasteiger partial charge in [0.05, 0.1) is 6.54 Å². The molecule has 4 bridgehead atoms. The summed E-state index contributed by atoms with van der Waals surface area (Å²) in [6.07, 6.45) is 13.1. The van der Waals surface area contributed by atoms with Crippen LogP contribution in [0, 0.1) is 23.2 Å². The molecule has 1 aromatic heterocycles. The van der Waals surface area contributed by atoms with Gasteiger partial charge in [-0.1, -0.05) is 0 Å². The highest BCUT2D eigenvalue weighted by atomic mass is 16.2. The Morgan fingerprint density at radius 3 is 2.38 bits per heavy atom. The zero-order chi connectivity index (χ0) is 17.6. The normalized spacial score (nSPS) is 35.5. The molecular weight excluding hydrogens is 324 g/mol. The van der Waals surface area contributed by atoms with Gasteiger partial charge in [0.1, 0.15) is 11.6 Å². The monoisotopic (exact) mass is 354 g/mol. The van der Waals surface area contributed by atoms with E-state index in [1.165, 1.54) is 38.5 Å². The van der Waals surface area contributed by atoms with Gasteiger partial charge in [0.15, 0.2) is 0 Å². The molecule has 6 rings (SSSR count). The lowest BCUT2D eigenvalue weighted by atomic mass is 9.49. The Balaban J connectivity index is 1.24. The quantitative estimate of drug-likeness (QED) is 0.901. The van der Waals surface area contributed by atoms with E-state index in [4.69, 9.17) is 4.98 Å². The van der Waals surface area contributed by atoms with Gasteiger partial charge in [0.25, 0.3) is 0 Å². The van der Waals surface area contributed by atoms with E-state index in [1.807, 2.05) is 12.3 Å². The van der Waals surface area contributed by atoms with Crippen molar-refractivity contribution in [2.45, 2.75) is 64.3 Å². The van der Waals surface area contributed by atoms with Crippen LogP contribution in [0.5, 0.6) is 0 Å². The lowest BCUT2D eigenvalue weighted by Crippen LogP contribution is -2.53. The highest BCUT2D eigenvalue weighted by molar-refractivity contribution is 5.83. The third-order valence-corrected chi connectivity index (χ3v) is 7.30. The fraction of sp³-hybridized carbons (Fsp3) is 0.762. The molecular formula is C21H30N4O. The summed E-state index contributed by atoms with van der Waals surface area (Å²) in [5, 5.41) is 3.20. The number of hydrogen-bond acceptors (Lipinski definition) is 4. The molecule has 1 N–H and O–H groups in total. The predicted molar refractivity (Wildman–Crippen MR) is 101 cm³/mol. The van der Waals surface area contributed by atoms with Gasteiger partial charge in [-0.3, -0.25) is 4.79 Å². The number of carbonyl (C=O) groups excluding carboxylic acids is 1. The fourth-order valence-electron chi connectivity index (χ4n) is 6.51. The molecule has 4 saturated carbocycles. The van der Waals surface area contributed by atoms with Crippen LogP contribution >= 0.6 is 0 Å². The number of rotatable bonds is 4. The minimum atomic E-state index is -0.0841. The molecule has 5 aliphatic rings. The highest BCUT2D eigenvalue weighted by Crippen LogP contribution is 2.60. The summed E-state index contributed by atoms with van der Waals surface area (Å²) in [6, 6.07) is 2.00. The van der Waals surface area contributed by atoms with Crippen molar-refractivity contribution in [3.05, 3.63) is 18.1 Å². The van der Waals surface area contributed by atoms with Crippen molar-refractivity contribution in [3.8, 4) is 0 Å². The fourth-order valence-corrected chi connectivity index (χ4v) is 6.51. The van der Waals surface area contributed by atoms with Gasteiger partial charge in [0, 0.05) is 24.7 Å². The second-order valence-electron chi connectivity index (χ2n) is 9.26. The molecule has 0 radical (unpaired) electrons. The second kappa shape index (κ2) is 6.50. The Morgan fingerprint density at radius 2 is 1.73 bits per heavy atom. The summed E-state index contributed by atoms with van der Waals surface area (Å²) >= 11 is 0. The van der Waals surface area contributed by atoms with Gasteiger partial charge in [-0.2, -0.15) is 0 Å². The summed E-state index contributed by atoms with van der Waals surface area (Å²) < 4.78 is 0. The smallest absolute Gasteiger partial charge is 0.226 e. The maximum atomic E-state index is 13.1. The van der Waals surface area contributed by atoms with Crippen molar-refractivity contribution in [2.75, 3.05) is 18.0 Å². The number of aromatic nitrogens is 2. The molecule has 5 fully saturated rings. The zero-order valence-electron chi connectivity index (χ0n) is 15.6. The van der Waals surface area contributed by atoms with Crippen LogP contribution in [0.4, 0.5) is 5.82 Å². The molecule has 0 aromatic carbocycles. The highest BCUT2D eigenvalue weighted by Gasteiger charge is 2.54. The Hall–Kier alpha value is -1.65. The van der Waals surface area contributed by atoms with E-state index in [9.17, 15) is 4.79 Å². The van der Waals surface area contributed by atoms with E-state index in [1.54, 1.807) is 0 Å². The molecule has 0 unspecified atom stereocenters. The number of piperidine rings is 1. The van der Waals surface area contributed by atoms with Crippen molar-refractivity contribution in [3.63, 3.8) is 0 Å². The molecule has 4 aliphatic carbocycles. The van der Waals surface area contributed by atoms with Crippen molar-refractivity contribution in [2.24, 2.45) is 23.2 Å². The lowest BCUT2D eigenvalue weighted by Gasteiger charge is -2.55. The maximum Gasteiger partial charge on any atom is 0.226 e. The number of nitrogens with zero attached hydrogens (tertiary/aromatic N) is 3. The summed E-state index contributed by atoms with van der Waals surface area (Å²) in [6.45, 7) is 2.62. The van der Waals surface area contributed by atoms with Crippen LogP contribution in [0.15, 0.2) is 12.3 Å². The summed E-state index contributed by atoms with van der Waals surface area (Å²) in [7, 11) is 0. The molecule has 1 amide bonds. The molecule has 5 nitrogen and oxygen atoms in total. The van der Waals surface area contributed by atoms with Gasteiger partial charge in [-0.25, -0.2) is 9.97 Å². The van der Waals surface area contributed by atoms with E-state index in [0.717, 1.165) is 61.7 Å². The Morgan fingerprint density at radius 1 is 1.08 bits per heavy atom. The number of carbonyl (C=O) groups is 1. The van der Waals surface area contributed by atoms with E-state index in [0.29, 0.717) is 6.54 Å². The van der Waals surface area contributed by atoms with Gasteiger partial charge in [0.2, 0.25) is 5.91 Å². The molecule has 0 atom stereocenters. The SMILES string of the molecule is O=C(NCc1nccc(N2CCCCC2)n1)C12CC3CC(CC(C3)C1)C2. The summed E-state index contributed by atoms with van der Waals surface area (Å²) in [5.74, 6) is 4.41. The number of anilines is 1. The minimum absolute atomic E-state index is 0.0841. The molecule has 26 heavy (non-hydrogen) atoms. The first-order valence-electron chi connectivity index (χ1n) is 10.6. The second-order valence-corrected chi connectivity index (χ2v) is 9.26. The zero-order valence-corrected chi connectivity index (χ0v) is 15.6. The van der Waals surface area contributed by atoms with Crippen LogP contribution in [0.1, 0.15) is 63.6 Å². The average Bonchev–Trinajstić information content (AvgIpc) is 2.66. The van der Waals surface area contributed by atoms with Crippen molar-refractivity contribution >= 4 is 11.7 Å². The maximum absolute atomic E-state index is 13.1. The number of amides is 1. The van der Waals surface area contributed by atoms with Gasteiger partial charge in [-0.15, -0.1) is 0 Å². The third-order valence-electron chi connectivity index (χ3n) is 7.30. The standard InChI is InChI=1S/C21H30N4O/c26-20(21-11-15-8-16(12-21)10-17(9-15)13-21)23-14-18-22-5-4-19(24-18)25-6-2-1-3-7-25/h4-5,15-17H,1-3,6-14H2,(H,23,26). The molecule has 140 valence electrons. The average molecular weight is 354 g/mol. The first-order chi connectivity index (χ1) is 12.7. The minimum Gasteiger partial charge on any atom is -0.357 e. The topological polar surface area (TPSA) is 58.1 Å². The van der Waals surface area contributed by atoms with E-state index >= 15 is 0 Å². The van der Waals surface area contributed by atoms with Gasteiger partial charge >= 0.3 is 0 Å². The predicted octanol–water partition coefficient (Wildman–Crippen LogP) is 3.30. The Labute approximate surface area is 156 Å². The van der Waals surface area contributed by atoms with Crippen LogP contribution < -0.4 is 10.2 Å². The third kappa shape index (κ3) is 2.99. The molecule has 1 aromatic rings. The molecule has 0 spiro atoms. The summed E-state index contributed by atoms with van der Waals surface area (Å²) in [4.78, 5) is 24.5. The van der Waals surface area contributed by atoms with Crippen LogP contribution in [0.25, 0.3) is 0 Å². The van der Waals surface area contributed by atoms with Crippen LogP contribution in [0.3, 0.4) is 0 Å². The first kappa shape index (κ1) is 16.5. The molecule has 5 heteroatoms. The van der Waals surface area contributed by atoms with Crippen molar-refractivity contribution in [1.82, 2.24) is 15.3 Å². The molecule has 2 heterocycles. The van der Waals surface area contributed by atoms with Crippen LogP contribution in [-0.4, -0.2) is 29.0 Å². The number of hydrogen-bond donors (Lipinski definition) is 1. The van der Waals surface area contributed by atoms with Crippen LogP contribution in [-0.2, 0) is 11.3 Å². The van der Waals surface area contributed by atoms with Crippen LogP contribution in [0.2, 0.25) is 0 Å². The van der Waals surface area contributed by atoms with E-state index < -0.39 is 0 Å². The van der Waals surface area contributed by atoms with E-state index in [2.05, 4.69) is 15.2 Å². The van der Waals surface area contributed by atoms with E-state index in [-0.39, 0.29) is 11.3 Å². The first-order valence-corrected chi connectivity index (χ1v) is 10.6. The largest absolute Gasteiger partial charge is 0.357 e. The van der Waals surface area contributed by atoms with Crippen molar-refractivity contribution in [1.29, 1.82) is 0 Å². The lowest BCUT2D eigenvalue weighted by molar-refractivity contribution is -0.146. The Kier molecular flexibility index (Phi) is 4.13. The molecule has 1 aliphatic heterocycles. The van der Waals surface area contributed by atoms with Gasteiger partial charge < -0.3 is 10.2 Å². The van der Waals surface area contributed by atoms with Gasteiger partial charge in [-0.05, 0) is 81.6 Å². The molecule has 1 saturated heterocycles.